The fraction of sp³-hybridized carbons (Fsp3) is 0.571. The summed E-state index contributed by atoms with van der Waals surface area (Å²) in [6, 6.07) is 1.67. The van der Waals surface area contributed by atoms with E-state index in [9.17, 15) is 4.79 Å². The Balaban J connectivity index is 2.29. The van der Waals surface area contributed by atoms with Gasteiger partial charge < -0.3 is 5.32 Å². The molecule has 0 radical (unpaired) electrons. The molecule has 1 heterocycles. The molecule has 0 aliphatic rings. The maximum atomic E-state index is 11.3. The van der Waals surface area contributed by atoms with Crippen LogP contribution in [0.15, 0.2) is 0 Å². The Morgan fingerprint density at radius 1 is 1.80 bits per heavy atom. The molecule has 0 bridgehead atoms. The van der Waals surface area contributed by atoms with Crippen LogP contribution in [0.2, 0.25) is 0 Å². The summed E-state index contributed by atoms with van der Waals surface area (Å²) in [5.41, 5.74) is 0. The average molecular weight is 226 g/mol. The monoisotopic (exact) mass is 226 g/mol. The second kappa shape index (κ2) is 5.98. The largest absolute Gasteiger partial charge is 0.345 e. The van der Waals surface area contributed by atoms with Gasteiger partial charge in [-0.05, 0) is 6.92 Å². The van der Waals surface area contributed by atoms with Gasteiger partial charge in [0.15, 0.2) is 5.82 Å². The van der Waals surface area contributed by atoms with E-state index in [-0.39, 0.29) is 17.7 Å². The summed E-state index contributed by atoms with van der Waals surface area (Å²) in [5.74, 6) is 0.862. The van der Waals surface area contributed by atoms with Gasteiger partial charge in [0.1, 0.15) is 0 Å². The third-order valence-corrected chi connectivity index (χ3v) is 2.33. The van der Waals surface area contributed by atoms with Gasteiger partial charge in [-0.15, -0.1) is 22.0 Å². The van der Waals surface area contributed by atoms with E-state index < -0.39 is 0 Å². The van der Waals surface area contributed by atoms with Crippen molar-refractivity contribution >= 4 is 17.7 Å². The number of amides is 1. The van der Waals surface area contributed by atoms with Crippen molar-refractivity contribution in [3.63, 3.8) is 0 Å². The molecule has 80 valence electrons. The minimum atomic E-state index is -0.279. The van der Waals surface area contributed by atoms with Crippen molar-refractivity contribution < 1.29 is 4.79 Å². The number of tetrazole rings is 1. The standard InChI is InChI=1S/C7H10N6OS/c1-5(7-10-12-13-11-7)9-6(14)4-15-3-2-8/h5H,3-4H2,1H3,(H,9,14)(H,10,11,12,13). The second-order valence-corrected chi connectivity index (χ2v) is 3.70. The molecule has 0 saturated carbocycles. The first kappa shape index (κ1) is 11.5. The van der Waals surface area contributed by atoms with E-state index >= 15 is 0 Å². The van der Waals surface area contributed by atoms with E-state index in [1.165, 1.54) is 11.8 Å². The zero-order valence-electron chi connectivity index (χ0n) is 8.10. The van der Waals surface area contributed by atoms with Crippen LogP contribution >= 0.6 is 11.8 Å². The molecule has 1 atom stereocenters. The molecule has 15 heavy (non-hydrogen) atoms. The van der Waals surface area contributed by atoms with Crippen LogP contribution in [0.5, 0.6) is 0 Å². The Hall–Kier alpha value is -1.62. The fourth-order valence-corrected chi connectivity index (χ4v) is 1.35. The van der Waals surface area contributed by atoms with Gasteiger partial charge in [-0.3, -0.25) is 4.79 Å². The molecule has 0 saturated heterocycles. The second-order valence-electron chi connectivity index (χ2n) is 2.71. The third kappa shape index (κ3) is 3.95. The molecule has 1 aromatic heterocycles. The predicted molar refractivity (Wildman–Crippen MR) is 53.7 cm³/mol. The highest BCUT2D eigenvalue weighted by Gasteiger charge is 2.12. The SMILES string of the molecule is CC(NC(=O)CSCC#N)c1nn[nH]n1. The van der Waals surface area contributed by atoms with Crippen LogP contribution in [0.4, 0.5) is 0 Å². The minimum Gasteiger partial charge on any atom is -0.345 e. The summed E-state index contributed by atoms with van der Waals surface area (Å²) < 4.78 is 0. The van der Waals surface area contributed by atoms with Crippen LogP contribution in [0, 0.1) is 11.3 Å². The Kier molecular flexibility index (Phi) is 4.56. The van der Waals surface area contributed by atoms with Gasteiger partial charge in [0.05, 0.1) is 23.6 Å². The summed E-state index contributed by atoms with van der Waals surface area (Å²) in [6.07, 6.45) is 0. The van der Waals surface area contributed by atoms with Gasteiger partial charge in [-0.25, -0.2) is 0 Å². The van der Waals surface area contributed by atoms with Gasteiger partial charge in [0.25, 0.3) is 0 Å². The zero-order valence-corrected chi connectivity index (χ0v) is 8.91. The zero-order chi connectivity index (χ0) is 11.1. The molecule has 8 heteroatoms. The first-order chi connectivity index (χ1) is 7.24. The van der Waals surface area contributed by atoms with Crippen molar-refractivity contribution in [3.8, 4) is 6.07 Å². The smallest absolute Gasteiger partial charge is 0.230 e. The van der Waals surface area contributed by atoms with Crippen molar-refractivity contribution in [1.29, 1.82) is 5.26 Å². The molecule has 1 rings (SSSR count). The van der Waals surface area contributed by atoms with E-state index in [4.69, 9.17) is 5.26 Å². The van der Waals surface area contributed by atoms with Gasteiger partial charge >= 0.3 is 0 Å². The van der Waals surface area contributed by atoms with Crippen LogP contribution in [0.25, 0.3) is 0 Å². The number of hydrogen-bond acceptors (Lipinski definition) is 6. The molecule has 0 aromatic carbocycles. The van der Waals surface area contributed by atoms with E-state index in [1.807, 2.05) is 6.07 Å². The summed E-state index contributed by atoms with van der Waals surface area (Å²) in [4.78, 5) is 11.3. The number of carbonyl (C=O) groups is 1. The van der Waals surface area contributed by atoms with E-state index in [1.54, 1.807) is 6.92 Å². The molecular formula is C7H10N6OS. The summed E-state index contributed by atoms with van der Waals surface area (Å²) >= 11 is 1.26. The molecule has 1 unspecified atom stereocenters. The Morgan fingerprint density at radius 3 is 3.20 bits per heavy atom. The number of thioether (sulfide) groups is 1. The van der Waals surface area contributed by atoms with E-state index in [0.29, 0.717) is 11.6 Å². The van der Waals surface area contributed by atoms with E-state index in [2.05, 4.69) is 25.9 Å². The number of nitrogens with one attached hydrogen (secondary N) is 2. The van der Waals surface area contributed by atoms with E-state index in [0.717, 1.165) is 0 Å². The van der Waals surface area contributed by atoms with Gasteiger partial charge in [0.2, 0.25) is 5.91 Å². The van der Waals surface area contributed by atoms with Crippen molar-refractivity contribution in [2.45, 2.75) is 13.0 Å². The van der Waals surface area contributed by atoms with Crippen LogP contribution in [0.3, 0.4) is 0 Å². The lowest BCUT2D eigenvalue weighted by molar-refractivity contribution is -0.119. The van der Waals surface area contributed by atoms with Crippen LogP contribution in [-0.4, -0.2) is 38.0 Å². The summed E-state index contributed by atoms with van der Waals surface area (Å²) in [6.45, 7) is 1.76. The number of H-pyrrole nitrogens is 1. The average Bonchev–Trinajstić information content (AvgIpc) is 2.70. The molecule has 2 N–H and O–H groups in total. The maximum absolute atomic E-state index is 11.3. The third-order valence-electron chi connectivity index (χ3n) is 1.53. The summed E-state index contributed by atoms with van der Waals surface area (Å²) in [7, 11) is 0. The molecule has 0 fully saturated rings. The van der Waals surface area contributed by atoms with Gasteiger partial charge in [-0.1, -0.05) is 5.21 Å². The number of aromatic amines is 1. The molecule has 0 spiro atoms. The highest BCUT2D eigenvalue weighted by Crippen LogP contribution is 2.04. The number of hydrogen-bond donors (Lipinski definition) is 2. The lowest BCUT2D eigenvalue weighted by Gasteiger charge is -2.08. The molecule has 1 amide bonds. The molecule has 0 aliphatic heterocycles. The van der Waals surface area contributed by atoms with Crippen LogP contribution < -0.4 is 5.32 Å². The molecule has 1 aromatic rings. The van der Waals surface area contributed by atoms with Crippen molar-refractivity contribution in [3.05, 3.63) is 5.82 Å². The first-order valence-corrected chi connectivity index (χ1v) is 5.37. The Bertz CT molecular complexity index is 345. The number of carbonyl (C=O) groups excluding carboxylic acids is 1. The Labute approximate surface area is 90.6 Å². The summed E-state index contributed by atoms with van der Waals surface area (Å²) in [5, 5.41) is 24.1. The maximum Gasteiger partial charge on any atom is 0.230 e. The lowest BCUT2D eigenvalue weighted by atomic mass is 10.3. The molecule has 0 aliphatic carbocycles. The number of nitriles is 1. The topological polar surface area (TPSA) is 107 Å². The van der Waals surface area contributed by atoms with Crippen LogP contribution in [-0.2, 0) is 4.79 Å². The molecular weight excluding hydrogens is 216 g/mol. The normalized spacial score (nSPS) is 11.7. The van der Waals surface area contributed by atoms with Crippen molar-refractivity contribution in [2.24, 2.45) is 0 Å². The fourth-order valence-electron chi connectivity index (χ4n) is 0.890. The molecule has 7 nitrogen and oxygen atoms in total. The highest BCUT2D eigenvalue weighted by atomic mass is 32.2. The van der Waals surface area contributed by atoms with Gasteiger partial charge in [0, 0.05) is 0 Å². The quantitative estimate of drug-likeness (QED) is 0.663. The minimum absolute atomic E-state index is 0.146. The first-order valence-electron chi connectivity index (χ1n) is 4.21. The van der Waals surface area contributed by atoms with Gasteiger partial charge in [-0.2, -0.15) is 10.5 Å². The predicted octanol–water partition coefficient (Wildman–Crippen LogP) is -0.366. The number of nitrogens with zero attached hydrogens (tertiary/aromatic N) is 4. The lowest BCUT2D eigenvalue weighted by Crippen LogP contribution is -2.29. The number of rotatable bonds is 5. The van der Waals surface area contributed by atoms with Crippen molar-refractivity contribution in [1.82, 2.24) is 25.9 Å². The van der Waals surface area contributed by atoms with Crippen LogP contribution in [0.1, 0.15) is 18.8 Å². The van der Waals surface area contributed by atoms with Crippen molar-refractivity contribution in [2.75, 3.05) is 11.5 Å². The number of aromatic nitrogens is 4. The highest BCUT2D eigenvalue weighted by molar-refractivity contribution is 8.00. The Morgan fingerprint density at radius 2 is 2.60 bits per heavy atom.